The van der Waals surface area contributed by atoms with Crippen molar-refractivity contribution in [2.24, 2.45) is 9.98 Å². The van der Waals surface area contributed by atoms with Crippen molar-refractivity contribution in [2.75, 3.05) is 39.3 Å². The molecule has 0 aromatic heterocycles. The second-order valence-corrected chi connectivity index (χ2v) is 4.23. The Morgan fingerprint density at radius 1 is 0.824 bits per heavy atom. The molecular formula is C11H22N6. The topological polar surface area (TPSA) is 72.8 Å². The van der Waals surface area contributed by atoms with E-state index in [0.29, 0.717) is 0 Å². The summed E-state index contributed by atoms with van der Waals surface area (Å²) in [5, 5.41) is 13.0. The van der Waals surface area contributed by atoms with Crippen molar-refractivity contribution in [2.45, 2.75) is 19.3 Å². The number of unbranched alkanes of at least 4 members (excludes halogenated alkanes) is 2. The summed E-state index contributed by atoms with van der Waals surface area (Å²) >= 11 is 0. The quantitative estimate of drug-likeness (QED) is 0.460. The third-order valence-corrected chi connectivity index (χ3v) is 2.79. The van der Waals surface area contributed by atoms with Crippen LogP contribution >= 0.6 is 0 Å². The molecule has 0 bridgehead atoms. The molecule has 0 spiro atoms. The zero-order chi connectivity index (χ0) is 11.8. The first-order chi connectivity index (χ1) is 8.45. The highest BCUT2D eigenvalue weighted by Crippen LogP contribution is 1.93. The molecule has 2 heterocycles. The monoisotopic (exact) mass is 238 g/mol. The molecule has 0 aliphatic carbocycles. The number of nitrogens with zero attached hydrogens (tertiary/aromatic N) is 2. The van der Waals surface area contributed by atoms with Gasteiger partial charge in [0.2, 0.25) is 0 Å². The molecular weight excluding hydrogens is 216 g/mol. The number of rotatable bonds is 6. The molecule has 0 radical (unpaired) electrons. The molecule has 0 unspecified atom stereocenters. The molecule has 2 rings (SSSR count). The van der Waals surface area contributed by atoms with Crippen LogP contribution in [0.3, 0.4) is 0 Å². The SMILES string of the molecule is C(CCNC1=NCCN1)CCNC1=NCCN1. The standard InChI is InChI=1S/C11H22N6/c1(2-4-12-10-14-6-7-15-10)3-5-13-11-16-8-9-17-11/h1-9H2,(H2,12,14,15)(H2,13,16,17). The molecule has 0 aromatic carbocycles. The summed E-state index contributed by atoms with van der Waals surface area (Å²) in [7, 11) is 0. The van der Waals surface area contributed by atoms with Crippen LogP contribution in [0.2, 0.25) is 0 Å². The van der Waals surface area contributed by atoms with Crippen molar-refractivity contribution in [3.8, 4) is 0 Å². The molecule has 0 aromatic rings. The Morgan fingerprint density at radius 3 is 1.76 bits per heavy atom. The molecule has 17 heavy (non-hydrogen) atoms. The van der Waals surface area contributed by atoms with Crippen LogP contribution in [0.1, 0.15) is 19.3 Å². The first kappa shape index (κ1) is 12.0. The van der Waals surface area contributed by atoms with Crippen molar-refractivity contribution in [1.82, 2.24) is 21.3 Å². The van der Waals surface area contributed by atoms with E-state index in [1.54, 1.807) is 0 Å². The second kappa shape index (κ2) is 6.98. The average molecular weight is 238 g/mol. The Morgan fingerprint density at radius 2 is 1.35 bits per heavy atom. The van der Waals surface area contributed by atoms with Crippen LogP contribution in [0.5, 0.6) is 0 Å². The van der Waals surface area contributed by atoms with E-state index in [4.69, 9.17) is 0 Å². The molecule has 0 fully saturated rings. The molecule has 2 aliphatic heterocycles. The second-order valence-electron chi connectivity index (χ2n) is 4.23. The normalized spacial score (nSPS) is 18.1. The van der Waals surface area contributed by atoms with Crippen molar-refractivity contribution >= 4 is 11.9 Å². The first-order valence-electron chi connectivity index (χ1n) is 6.49. The van der Waals surface area contributed by atoms with Crippen LogP contribution in [-0.2, 0) is 0 Å². The average Bonchev–Trinajstić information content (AvgIpc) is 3.00. The Balaban J connectivity index is 1.38. The van der Waals surface area contributed by atoms with Crippen LogP contribution in [0.4, 0.5) is 0 Å². The lowest BCUT2D eigenvalue weighted by atomic mass is 10.2. The number of nitrogens with one attached hydrogen (secondary N) is 4. The summed E-state index contributed by atoms with van der Waals surface area (Å²) in [6, 6.07) is 0. The maximum Gasteiger partial charge on any atom is 0.191 e. The lowest BCUT2D eigenvalue weighted by Gasteiger charge is -2.07. The maximum absolute atomic E-state index is 4.28. The van der Waals surface area contributed by atoms with Gasteiger partial charge in [-0.05, 0) is 19.3 Å². The fraction of sp³-hybridized carbons (Fsp3) is 0.818. The predicted molar refractivity (Wildman–Crippen MR) is 70.5 cm³/mol. The van der Waals surface area contributed by atoms with Gasteiger partial charge in [-0.1, -0.05) is 0 Å². The van der Waals surface area contributed by atoms with E-state index in [9.17, 15) is 0 Å². The highest BCUT2D eigenvalue weighted by molar-refractivity contribution is 5.81. The van der Waals surface area contributed by atoms with E-state index in [-0.39, 0.29) is 0 Å². The van der Waals surface area contributed by atoms with Gasteiger partial charge in [0, 0.05) is 26.2 Å². The minimum atomic E-state index is 0.904. The zero-order valence-electron chi connectivity index (χ0n) is 10.3. The maximum atomic E-state index is 4.28. The Labute approximate surface area is 102 Å². The number of hydrogen-bond donors (Lipinski definition) is 4. The molecule has 4 N–H and O–H groups in total. The lowest BCUT2D eigenvalue weighted by Crippen LogP contribution is -2.35. The number of guanidine groups is 2. The van der Waals surface area contributed by atoms with Gasteiger partial charge in [0.15, 0.2) is 11.9 Å². The Bertz CT molecular complexity index is 258. The van der Waals surface area contributed by atoms with Gasteiger partial charge in [-0.25, -0.2) is 0 Å². The summed E-state index contributed by atoms with van der Waals surface area (Å²) in [5.74, 6) is 1.93. The smallest absolute Gasteiger partial charge is 0.191 e. The van der Waals surface area contributed by atoms with Crippen LogP contribution in [0, 0.1) is 0 Å². The van der Waals surface area contributed by atoms with Crippen molar-refractivity contribution < 1.29 is 0 Å². The fourth-order valence-corrected chi connectivity index (χ4v) is 1.87. The van der Waals surface area contributed by atoms with Gasteiger partial charge in [0.1, 0.15) is 0 Å². The van der Waals surface area contributed by atoms with Crippen molar-refractivity contribution in [1.29, 1.82) is 0 Å². The van der Waals surface area contributed by atoms with Crippen LogP contribution in [-0.4, -0.2) is 51.2 Å². The van der Waals surface area contributed by atoms with E-state index < -0.39 is 0 Å². The van der Waals surface area contributed by atoms with Crippen LogP contribution in [0.15, 0.2) is 9.98 Å². The van der Waals surface area contributed by atoms with Gasteiger partial charge >= 0.3 is 0 Å². The first-order valence-corrected chi connectivity index (χ1v) is 6.49. The van der Waals surface area contributed by atoms with Gasteiger partial charge < -0.3 is 21.3 Å². The Hall–Kier alpha value is -1.46. The summed E-state index contributed by atoms with van der Waals surface area (Å²) < 4.78 is 0. The van der Waals surface area contributed by atoms with E-state index in [1.807, 2.05) is 0 Å². The summed E-state index contributed by atoms with van der Waals surface area (Å²) in [5.41, 5.74) is 0. The minimum absolute atomic E-state index is 0.904. The molecule has 0 amide bonds. The fourth-order valence-electron chi connectivity index (χ4n) is 1.87. The zero-order valence-corrected chi connectivity index (χ0v) is 10.3. The molecule has 6 heteroatoms. The van der Waals surface area contributed by atoms with Gasteiger partial charge in [-0.2, -0.15) is 0 Å². The van der Waals surface area contributed by atoms with E-state index in [1.165, 1.54) is 19.3 Å². The summed E-state index contributed by atoms with van der Waals surface area (Å²) in [6.45, 7) is 5.77. The highest BCUT2D eigenvalue weighted by atomic mass is 15.2. The minimum Gasteiger partial charge on any atom is -0.356 e. The molecule has 0 saturated carbocycles. The third kappa shape index (κ3) is 4.50. The van der Waals surface area contributed by atoms with E-state index >= 15 is 0 Å². The lowest BCUT2D eigenvalue weighted by molar-refractivity contribution is 0.646. The number of aliphatic imine (C=N–C) groups is 2. The van der Waals surface area contributed by atoms with Crippen LogP contribution in [0.25, 0.3) is 0 Å². The molecule has 6 nitrogen and oxygen atoms in total. The van der Waals surface area contributed by atoms with Gasteiger partial charge in [-0.3, -0.25) is 9.98 Å². The van der Waals surface area contributed by atoms with Crippen LogP contribution < -0.4 is 21.3 Å². The molecule has 0 atom stereocenters. The summed E-state index contributed by atoms with van der Waals surface area (Å²) in [6.07, 6.45) is 3.59. The van der Waals surface area contributed by atoms with E-state index in [0.717, 1.165) is 51.2 Å². The summed E-state index contributed by atoms with van der Waals surface area (Å²) in [4.78, 5) is 8.56. The van der Waals surface area contributed by atoms with Crippen molar-refractivity contribution in [3.05, 3.63) is 0 Å². The largest absolute Gasteiger partial charge is 0.356 e. The van der Waals surface area contributed by atoms with Crippen molar-refractivity contribution in [3.63, 3.8) is 0 Å². The predicted octanol–water partition coefficient (Wildman–Crippen LogP) is -0.746. The highest BCUT2D eigenvalue weighted by Gasteiger charge is 2.03. The Kier molecular flexibility index (Phi) is 4.93. The van der Waals surface area contributed by atoms with Gasteiger partial charge in [0.25, 0.3) is 0 Å². The molecule has 0 saturated heterocycles. The molecule has 96 valence electrons. The van der Waals surface area contributed by atoms with Gasteiger partial charge in [-0.15, -0.1) is 0 Å². The number of hydrogen-bond acceptors (Lipinski definition) is 6. The van der Waals surface area contributed by atoms with E-state index in [2.05, 4.69) is 31.3 Å². The molecule has 2 aliphatic rings. The third-order valence-electron chi connectivity index (χ3n) is 2.79. The van der Waals surface area contributed by atoms with Gasteiger partial charge in [0.05, 0.1) is 13.1 Å².